The van der Waals surface area contributed by atoms with Crippen LogP contribution < -0.4 is 10.1 Å². The summed E-state index contributed by atoms with van der Waals surface area (Å²) in [7, 11) is 0. The predicted octanol–water partition coefficient (Wildman–Crippen LogP) is 3.08. The molecule has 1 fully saturated rings. The lowest BCUT2D eigenvalue weighted by Gasteiger charge is -2.09. The van der Waals surface area contributed by atoms with Gasteiger partial charge in [0.25, 0.3) is 0 Å². The molecule has 0 bridgehead atoms. The van der Waals surface area contributed by atoms with E-state index in [4.69, 9.17) is 9.47 Å². The van der Waals surface area contributed by atoms with Crippen LogP contribution in [-0.2, 0) is 9.53 Å². The molecule has 1 aliphatic rings. The Morgan fingerprint density at radius 1 is 1.57 bits per heavy atom. The molecule has 1 atom stereocenters. The van der Waals surface area contributed by atoms with Crippen molar-refractivity contribution in [3.63, 3.8) is 0 Å². The van der Waals surface area contributed by atoms with Gasteiger partial charge in [0.15, 0.2) is 4.34 Å². The molecule has 1 amide bonds. The second-order valence-electron chi connectivity index (χ2n) is 5.27. The van der Waals surface area contributed by atoms with E-state index in [1.807, 2.05) is 25.1 Å². The Hall–Kier alpha value is -1.31. The number of ether oxygens (including phenoxy) is 2. The number of carbonyl (C=O) groups excluding carboxylic acids is 1. The fourth-order valence-electron chi connectivity index (χ4n) is 2.41. The van der Waals surface area contributed by atoms with E-state index in [0.29, 0.717) is 18.9 Å². The van der Waals surface area contributed by atoms with Crippen molar-refractivity contribution >= 4 is 39.2 Å². The highest BCUT2D eigenvalue weighted by atomic mass is 32.2. The number of carbonyl (C=O) groups is 1. The Morgan fingerprint density at radius 2 is 2.48 bits per heavy atom. The molecule has 0 spiro atoms. The van der Waals surface area contributed by atoms with Crippen LogP contribution in [0.3, 0.4) is 0 Å². The Labute approximate surface area is 143 Å². The maximum absolute atomic E-state index is 11.9. The topological polar surface area (TPSA) is 60.5 Å². The SMILES string of the molecule is CCOc1ccc2nc(SCC(=O)NC[C@H]3CCCO3)sc2c1. The fraction of sp³-hybridized carbons (Fsp3) is 0.500. The van der Waals surface area contributed by atoms with E-state index in [0.717, 1.165) is 39.8 Å². The Bertz CT molecular complexity index is 668. The van der Waals surface area contributed by atoms with Gasteiger partial charge in [0, 0.05) is 13.2 Å². The maximum atomic E-state index is 11.9. The summed E-state index contributed by atoms with van der Waals surface area (Å²) >= 11 is 3.06. The highest BCUT2D eigenvalue weighted by Gasteiger charge is 2.16. The van der Waals surface area contributed by atoms with E-state index < -0.39 is 0 Å². The van der Waals surface area contributed by atoms with Gasteiger partial charge in [-0.3, -0.25) is 4.79 Å². The van der Waals surface area contributed by atoms with Crippen molar-refractivity contribution in [2.24, 2.45) is 0 Å². The molecule has 2 aromatic rings. The van der Waals surface area contributed by atoms with E-state index in [9.17, 15) is 4.79 Å². The molecule has 0 saturated carbocycles. The smallest absolute Gasteiger partial charge is 0.230 e. The fourth-order valence-corrected chi connectivity index (χ4v) is 4.34. The monoisotopic (exact) mass is 352 g/mol. The van der Waals surface area contributed by atoms with Crippen LogP contribution in [0.2, 0.25) is 0 Å². The minimum atomic E-state index is 0.0276. The van der Waals surface area contributed by atoms with Gasteiger partial charge in [-0.1, -0.05) is 11.8 Å². The van der Waals surface area contributed by atoms with E-state index in [1.54, 1.807) is 11.3 Å². The highest BCUT2D eigenvalue weighted by molar-refractivity contribution is 8.01. The van der Waals surface area contributed by atoms with Gasteiger partial charge in [-0.05, 0) is 38.0 Å². The molecule has 1 aromatic carbocycles. The summed E-state index contributed by atoms with van der Waals surface area (Å²) < 4.78 is 13.0. The molecule has 7 heteroatoms. The summed E-state index contributed by atoms with van der Waals surface area (Å²) in [6.07, 6.45) is 2.31. The molecule has 124 valence electrons. The van der Waals surface area contributed by atoms with Crippen molar-refractivity contribution in [2.75, 3.05) is 25.5 Å². The summed E-state index contributed by atoms with van der Waals surface area (Å²) in [6, 6.07) is 5.88. The summed E-state index contributed by atoms with van der Waals surface area (Å²) in [6.45, 7) is 4.03. The van der Waals surface area contributed by atoms with Crippen LogP contribution in [0, 0.1) is 0 Å². The van der Waals surface area contributed by atoms with Crippen molar-refractivity contribution < 1.29 is 14.3 Å². The van der Waals surface area contributed by atoms with Gasteiger partial charge in [-0.15, -0.1) is 11.3 Å². The predicted molar refractivity (Wildman–Crippen MR) is 93.5 cm³/mol. The largest absolute Gasteiger partial charge is 0.494 e. The van der Waals surface area contributed by atoms with Crippen LogP contribution in [0.4, 0.5) is 0 Å². The third-order valence-electron chi connectivity index (χ3n) is 3.53. The molecule has 1 saturated heterocycles. The molecule has 1 aliphatic heterocycles. The van der Waals surface area contributed by atoms with E-state index in [2.05, 4.69) is 10.3 Å². The molecule has 1 aromatic heterocycles. The summed E-state index contributed by atoms with van der Waals surface area (Å²) in [4.78, 5) is 16.4. The molecule has 0 aliphatic carbocycles. The number of hydrogen-bond donors (Lipinski definition) is 1. The third kappa shape index (κ3) is 4.59. The number of nitrogens with one attached hydrogen (secondary N) is 1. The zero-order chi connectivity index (χ0) is 16.1. The lowest BCUT2D eigenvalue weighted by molar-refractivity contribution is -0.119. The number of thioether (sulfide) groups is 1. The van der Waals surface area contributed by atoms with Crippen molar-refractivity contribution in [3.05, 3.63) is 18.2 Å². The average molecular weight is 352 g/mol. The van der Waals surface area contributed by atoms with Gasteiger partial charge in [0.05, 0.1) is 28.7 Å². The second-order valence-corrected chi connectivity index (χ2v) is 7.52. The van der Waals surface area contributed by atoms with Gasteiger partial charge in [-0.25, -0.2) is 4.98 Å². The van der Waals surface area contributed by atoms with Crippen molar-refractivity contribution in [1.82, 2.24) is 10.3 Å². The van der Waals surface area contributed by atoms with Crippen LogP contribution in [0.5, 0.6) is 5.75 Å². The number of aromatic nitrogens is 1. The van der Waals surface area contributed by atoms with Gasteiger partial charge in [0.2, 0.25) is 5.91 Å². The quantitative estimate of drug-likeness (QED) is 0.776. The molecule has 2 heterocycles. The first-order valence-corrected chi connectivity index (χ1v) is 9.59. The van der Waals surface area contributed by atoms with Crippen LogP contribution in [0.1, 0.15) is 19.8 Å². The minimum Gasteiger partial charge on any atom is -0.494 e. The minimum absolute atomic E-state index is 0.0276. The first-order valence-electron chi connectivity index (χ1n) is 7.79. The van der Waals surface area contributed by atoms with Crippen molar-refractivity contribution in [3.8, 4) is 5.75 Å². The van der Waals surface area contributed by atoms with Gasteiger partial charge in [0.1, 0.15) is 5.75 Å². The maximum Gasteiger partial charge on any atom is 0.230 e. The van der Waals surface area contributed by atoms with Crippen LogP contribution >= 0.6 is 23.1 Å². The zero-order valence-electron chi connectivity index (χ0n) is 13.0. The lowest BCUT2D eigenvalue weighted by Crippen LogP contribution is -2.32. The molecule has 1 N–H and O–H groups in total. The normalized spacial score (nSPS) is 17.5. The van der Waals surface area contributed by atoms with Crippen molar-refractivity contribution in [2.45, 2.75) is 30.2 Å². The molecular formula is C16H20N2O3S2. The molecule has 3 rings (SSSR count). The van der Waals surface area contributed by atoms with E-state index in [1.165, 1.54) is 11.8 Å². The Kier molecular flexibility index (Phi) is 5.75. The number of benzene rings is 1. The van der Waals surface area contributed by atoms with E-state index >= 15 is 0 Å². The molecule has 0 radical (unpaired) electrons. The van der Waals surface area contributed by atoms with Crippen LogP contribution in [-0.4, -0.2) is 42.5 Å². The average Bonchev–Trinajstić information content (AvgIpc) is 3.20. The first kappa shape index (κ1) is 16.5. The highest BCUT2D eigenvalue weighted by Crippen LogP contribution is 2.31. The van der Waals surface area contributed by atoms with Crippen molar-refractivity contribution in [1.29, 1.82) is 0 Å². The summed E-state index contributed by atoms with van der Waals surface area (Å²) in [5.74, 6) is 1.26. The first-order chi connectivity index (χ1) is 11.2. The molecular weight excluding hydrogens is 332 g/mol. The third-order valence-corrected chi connectivity index (χ3v) is 5.69. The van der Waals surface area contributed by atoms with Crippen LogP contribution in [0.25, 0.3) is 10.2 Å². The number of thiazole rings is 1. The molecule has 0 unspecified atom stereocenters. The van der Waals surface area contributed by atoms with E-state index in [-0.39, 0.29) is 12.0 Å². The summed E-state index contributed by atoms with van der Waals surface area (Å²) in [5.41, 5.74) is 0.945. The molecule has 5 nitrogen and oxygen atoms in total. The second kappa shape index (κ2) is 7.99. The summed E-state index contributed by atoms with van der Waals surface area (Å²) in [5, 5.41) is 2.93. The zero-order valence-corrected chi connectivity index (χ0v) is 14.7. The lowest BCUT2D eigenvalue weighted by atomic mass is 10.2. The Morgan fingerprint density at radius 3 is 3.26 bits per heavy atom. The van der Waals surface area contributed by atoms with Gasteiger partial charge in [-0.2, -0.15) is 0 Å². The number of nitrogens with zero attached hydrogens (tertiary/aromatic N) is 1. The molecule has 23 heavy (non-hydrogen) atoms. The number of hydrogen-bond acceptors (Lipinski definition) is 6. The Balaban J connectivity index is 1.51. The number of rotatable bonds is 7. The standard InChI is InChI=1S/C16H20N2O3S2/c1-2-20-11-5-6-13-14(8-11)23-16(18-13)22-10-15(19)17-9-12-4-3-7-21-12/h5-6,8,12H,2-4,7,9-10H2,1H3,(H,17,19)/t12-/m1/s1. The van der Waals surface area contributed by atoms with Gasteiger partial charge >= 0.3 is 0 Å². The van der Waals surface area contributed by atoms with Crippen LogP contribution in [0.15, 0.2) is 22.5 Å². The van der Waals surface area contributed by atoms with Gasteiger partial charge < -0.3 is 14.8 Å². The number of fused-ring (bicyclic) bond motifs is 1. The number of amides is 1.